The molecule has 1 aliphatic heterocycles. The number of halogens is 1. The zero-order chi connectivity index (χ0) is 14.8. The van der Waals surface area contributed by atoms with Crippen molar-refractivity contribution in [3.63, 3.8) is 0 Å². The summed E-state index contributed by atoms with van der Waals surface area (Å²) in [7, 11) is 0. The van der Waals surface area contributed by atoms with E-state index >= 15 is 0 Å². The number of rotatable bonds is 2. The fourth-order valence-electron chi connectivity index (χ4n) is 2.48. The van der Waals surface area contributed by atoms with Crippen LogP contribution in [0, 0.1) is 5.82 Å². The van der Waals surface area contributed by atoms with E-state index in [2.05, 4.69) is 5.32 Å². The zero-order valence-corrected chi connectivity index (χ0v) is 11.3. The third kappa shape index (κ3) is 2.67. The maximum absolute atomic E-state index is 13.0. The van der Waals surface area contributed by atoms with Crippen LogP contribution in [0.4, 0.5) is 15.8 Å². The van der Waals surface area contributed by atoms with Gasteiger partial charge >= 0.3 is 0 Å². The predicted octanol–water partition coefficient (Wildman–Crippen LogP) is 2.91. The summed E-state index contributed by atoms with van der Waals surface area (Å²) in [6.45, 7) is 0.494. The molecule has 21 heavy (non-hydrogen) atoms. The highest BCUT2D eigenvalue weighted by Crippen LogP contribution is 2.34. The highest BCUT2D eigenvalue weighted by atomic mass is 19.1. The molecule has 1 amide bonds. The molecule has 108 valence electrons. The number of nitrogens with one attached hydrogen (secondary N) is 1. The number of carbonyl (C=O) groups excluding carboxylic acids is 1. The summed E-state index contributed by atoms with van der Waals surface area (Å²) in [6.07, 6.45) is 0.601. The number of ether oxygens (including phenoxy) is 1. The number of anilines is 2. The smallest absolute Gasteiger partial charge is 0.232 e. The van der Waals surface area contributed by atoms with Gasteiger partial charge in [0.1, 0.15) is 11.6 Å². The Morgan fingerprint density at radius 3 is 2.90 bits per heavy atom. The Hall–Kier alpha value is -2.56. The number of hydrogen-bond acceptors (Lipinski definition) is 3. The van der Waals surface area contributed by atoms with Gasteiger partial charge in [-0.25, -0.2) is 4.39 Å². The lowest BCUT2D eigenvalue weighted by atomic mass is 9.92. The van der Waals surface area contributed by atoms with Crippen LogP contribution >= 0.6 is 0 Å². The molecule has 0 fully saturated rings. The van der Waals surface area contributed by atoms with Gasteiger partial charge in [-0.3, -0.25) is 4.79 Å². The quantitative estimate of drug-likeness (QED) is 0.834. The molecular formula is C16H15FN2O2. The van der Waals surface area contributed by atoms with Gasteiger partial charge in [0.05, 0.1) is 23.9 Å². The van der Waals surface area contributed by atoms with Crippen LogP contribution in [-0.4, -0.2) is 12.5 Å². The van der Waals surface area contributed by atoms with E-state index in [0.717, 1.165) is 11.3 Å². The van der Waals surface area contributed by atoms with Crippen LogP contribution in [0.25, 0.3) is 0 Å². The van der Waals surface area contributed by atoms with Gasteiger partial charge in [-0.2, -0.15) is 0 Å². The van der Waals surface area contributed by atoms with Crippen LogP contribution in [0.2, 0.25) is 0 Å². The minimum Gasteiger partial charge on any atom is -0.493 e. The van der Waals surface area contributed by atoms with Gasteiger partial charge in [-0.1, -0.05) is 18.2 Å². The Balaban J connectivity index is 1.83. The first-order valence-electron chi connectivity index (χ1n) is 6.73. The van der Waals surface area contributed by atoms with Gasteiger partial charge in [-0.15, -0.1) is 0 Å². The van der Waals surface area contributed by atoms with Crippen LogP contribution in [0.3, 0.4) is 0 Å². The van der Waals surface area contributed by atoms with Crippen molar-refractivity contribution in [3.8, 4) is 5.75 Å². The number of para-hydroxylation sites is 1. The van der Waals surface area contributed by atoms with Crippen molar-refractivity contribution in [1.29, 1.82) is 0 Å². The van der Waals surface area contributed by atoms with Gasteiger partial charge in [0.25, 0.3) is 0 Å². The number of amides is 1. The fourth-order valence-corrected chi connectivity index (χ4v) is 2.48. The van der Waals surface area contributed by atoms with Crippen LogP contribution in [0.15, 0.2) is 42.5 Å². The van der Waals surface area contributed by atoms with Gasteiger partial charge in [0.2, 0.25) is 5.91 Å². The normalized spacial score (nSPS) is 16.7. The molecule has 0 radical (unpaired) electrons. The van der Waals surface area contributed by atoms with E-state index in [0.29, 0.717) is 18.7 Å². The molecule has 3 N–H and O–H groups in total. The van der Waals surface area contributed by atoms with E-state index in [-0.39, 0.29) is 17.5 Å². The zero-order valence-electron chi connectivity index (χ0n) is 11.3. The SMILES string of the molecule is Nc1cc(F)ccc1NC(=O)C1CCOc2ccccc21. The summed E-state index contributed by atoms with van der Waals surface area (Å²) in [5.41, 5.74) is 7.21. The van der Waals surface area contributed by atoms with Crippen LogP contribution in [0.1, 0.15) is 17.9 Å². The number of nitrogens with two attached hydrogens (primary N) is 1. The molecule has 0 bridgehead atoms. The Bertz CT molecular complexity index is 688. The molecule has 1 unspecified atom stereocenters. The van der Waals surface area contributed by atoms with Crippen LogP contribution in [-0.2, 0) is 4.79 Å². The van der Waals surface area contributed by atoms with Crippen molar-refractivity contribution in [2.45, 2.75) is 12.3 Å². The lowest BCUT2D eigenvalue weighted by molar-refractivity contribution is -0.118. The molecule has 0 saturated carbocycles. The van der Waals surface area contributed by atoms with E-state index in [1.165, 1.54) is 18.2 Å². The molecule has 3 rings (SSSR count). The molecule has 1 aliphatic rings. The minimum atomic E-state index is -0.429. The van der Waals surface area contributed by atoms with E-state index in [4.69, 9.17) is 10.5 Å². The molecule has 2 aromatic rings. The molecule has 4 nitrogen and oxygen atoms in total. The van der Waals surface area contributed by atoms with E-state index in [1.54, 1.807) is 0 Å². The van der Waals surface area contributed by atoms with Crippen molar-refractivity contribution in [1.82, 2.24) is 0 Å². The molecule has 2 aromatic carbocycles. The van der Waals surface area contributed by atoms with Crippen molar-refractivity contribution < 1.29 is 13.9 Å². The summed E-state index contributed by atoms with van der Waals surface area (Å²) in [6, 6.07) is 11.4. The maximum Gasteiger partial charge on any atom is 0.232 e. The average Bonchev–Trinajstić information content (AvgIpc) is 2.49. The Kier molecular flexibility index (Phi) is 3.48. The van der Waals surface area contributed by atoms with E-state index < -0.39 is 5.82 Å². The molecule has 0 aromatic heterocycles. The third-order valence-corrected chi connectivity index (χ3v) is 3.55. The Labute approximate surface area is 121 Å². The Morgan fingerprint density at radius 2 is 2.10 bits per heavy atom. The van der Waals surface area contributed by atoms with Crippen LogP contribution in [0.5, 0.6) is 5.75 Å². The minimum absolute atomic E-state index is 0.163. The van der Waals surface area contributed by atoms with E-state index in [9.17, 15) is 9.18 Å². The maximum atomic E-state index is 13.0. The highest BCUT2D eigenvalue weighted by Gasteiger charge is 2.27. The number of hydrogen-bond donors (Lipinski definition) is 2. The fraction of sp³-hybridized carbons (Fsp3) is 0.188. The highest BCUT2D eigenvalue weighted by molar-refractivity contribution is 5.98. The molecule has 0 spiro atoms. The topological polar surface area (TPSA) is 64.3 Å². The summed E-state index contributed by atoms with van der Waals surface area (Å²) >= 11 is 0. The molecular weight excluding hydrogens is 271 g/mol. The van der Waals surface area contributed by atoms with Gasteiger partial charge in [0, 0.05) is 5.56 Å². The van der Waals surface area contributed by atoms with Gasteiger partial charge in [0.15, 0.2) is 0 Å². The number of benzene rings is 2. The van der Waals surface area contributed by atoms with Crippen molar-refractivity contribution in [2.24, 2.45) is 0 Å². The second-order valence-electron chi connectivity index (χ2n) is 4.95. The molecule has 0 aliphatic carbocycles. The second-order valence-corrected chi connectivity index (χ2v) is 4.95. The summed E-state index contributed by atoms with van der Waals surface area (Å²) in [5, 5.41) is 2.76. The van der Waals surface area contributed by atoms with Crippen molar-refractivity contribution >= 4 is 17.3 Å². The largest absolute Gasteiger partial charge is 0.493 e. The van der Waals surface area contributed by atoms with Gasteiger partial charge < -0.3 is 15.8 Å². The van der Waals surface area contributed by atoms with Crippen molar-refractivity contribution in [3.05, 3.63) is 53.8 Å². The molecule has 1 heterocycles. The number of fused-ring (bicyclic) bond motifs is 1. The number of nitrogen functional groups attached to an aromatic ring is 1. The lowest BCUT2D eigenvalue weighted by Gasteiger charge is -2.25. The molecule has 1 atom stereocenters. The average molecular weight is 286 g/mol. The third-order valence-electron chi connectivity index (χ3n) is 3.55. The van der Waals surface area contributed by atoms with E-state index in [1.807, 2.05) is 24.3 Å². The molecule has 0 saturated heterocycles. The van der Waals surface area contributed by atoms with Gasteiger partial charge in [-0.05, 0) is 30.7 Å². The number of carbonyl (C=O) groups is 1. The molecule has 5 heteroatoms. The summed E-state index contributed by atoms with van der Waals surface area (Å²) < 4.78 is 18.6. The standard InChI is InChI=1S/C16H15FN2O2/c17-10-5-6-14(13(18)9-10)19-16(20)12-7-8-21-15-4-2-1-3-11(12)15/h1-6,9,12H,7-8,18H2,(H,19,20). The van der Waals surface area contributed by atoms with Crippen LogP contribution < -0.4 is 15.8 Å². The lowest BCUT2D eigenvalue weighted by Crippen LogP contribution is -2.26. The van der Waals surface area contributed by atoms with Crippen molar-refractivity contribution in [2.75, 3.05) is 17.7 Å². The summed E-state index contributed by atoms with van der Waals surface area (Å²) in [4.78, 5) is 12.5. The predicted molar refractivity (Wildman–Crippen MR) is 78.7 cm³/mol. The Morgan fingerprint density at radius 1 is 1.29 bits per heavy atom. The first-order chi connectivity index (χ1) is 10.1. The first kappa shape index (κ1) is 13.4. The first-order valence-corrected chi connectivity index (χ1v) is 6.73. The monoisotopic (exact) mass is 286 g/mol. The summed E-state index contributed by atoms with van der Waals surface area (Å²) in [5.74, 6) is -0.152. The second kappa shape index (κ2) is 5.44.